The van der Waals surface area contributed by atoms with E-state index in [2.05, 4.69) is 12.6 Å². The predicted molar refractivity (Wildman–Crippen MR) is 64.6 cm³/mol. The number of carbonyl (C=O) groups is 1. The zero-order chi connectivity index (χ0) is 12.1. The maximum atomic E-state index is 10.4. The van der Waals surface area contributed by atoms with Crippen LogP contribution in [0.15, 0.2) is 0 Å². The molecule has 0 spiro atoms. The van der Waals surface area contributed by atoms with Crippen LogP contribution in [0.25, 0.3) is 0 Å². The van der Waals surface area contributed by atoms with Gasteiger partial charge in [-0.3, -0.25) is 4.79 Å². The zero-order valence-electron chi connectivity index (χ0n) is 10.0. The van der Waals surface area contributed by atoms with Crippen molar-refractivity contribution in [3.63, 3.8) is 0 Å². The van der Waals surface area contributed by atoms with Gasteiger partial charge in [0.25, 0.3) is 0 Å². The molecular weight excluding hydrogens is 212 g/mol. The van der Waals surface area contributed by atoms with Crippen LogP contribution in [0.2, 0.25) is 0 Å². The van der Waals surface area contributed by atoms with E-state index in [0.717, 1.165) is 6.42 Å². The molecule has 15 heavy (non-hydrogen) atoms. The van der Waals surface area contributed by atoms with E-state index in [1.807, 2.05) is 27.7 Å². The Bertz CT molecular complexity index is 206. The van der Waals surface area contributed by atoms with E-state index in [0.29, 0.717) is 13.0 Å². The first kappa shape index (κ1) is 14.8. The standard InChI is InChI=1S/C11H22O3S/c1-10(2,6-5-9(12)13)14-8-7-11(3,4)15/h15H,5-8H2,1-4H3,(H,12,13). The fourth-order valence-corrected chi connectivity index (χ4v) is 1.15. The molecule has 0 unspecified atom stereocenters. The van der Waals surface area contributed by atoms with Crippen molar-refractivity contribution in [2.24, 2.45) is 0 Å². The molecule has 0 aromatic carbocycles. The summed E-state index contributed by atoms with van der Waals surface area (Å²) in [5.74, 6) is -0.777. The number of carboxylic acids is 1. The molecular formula is C11H22O3S. The van der Waals surface area contributed by atoms with E-state index in [4.69, 9.17) is 9.84 Å². The van der Waals surface area contributed by atoms with Crippen LogP contribution >= 0.6 is 12.6 Å². The summed E-state index contributed by atoms with van der Waals surface area (Å²) in [6, 6.07) is 0. The Morgan fingerprint density at radius 1 is 1.27 bits per heavy atom. The van der Waals surface area contributed by atoms with Crippen LogP contribution in [0, 0.1) is 0 Å². The van der Waals surface area contributed by atoms with Gasteiger partial charge in [-0.05, 0) is 26.7 Å². The van der Waals surface area contributed by atoms with Crippen molar-refractivity contribution in [2.45, 2.75) is 57.3 Å². The van der Waals surface area contributed by atoms with Gasteiger partial charge in [-0.25, -0.2) is 0 Å². The Kier molecular flexibility index (Phi) is 5.67. The second-order valence-electron chi connectivity index (χ2n) is 5.06. The third-order valence-electron chi connectivity index (χ3n) is 2.15. The van der Waals surface area contributed by atoms with Gasteiger partial charge in [0.05, 0.1) is 5.60 Å². The summed E-state index contributed by atoms with van der Waals surface area (Å²) >= 11 is 4.40. The van der Waals surface area contributed by atoms with Crippen molar-refractivity contribution < 1.29 is 14.6 Å². The first-order chi connectivity index (χ1) is 6.62. The molecule has 0 bridgehead atoms. The van der Waals surface area contributed by atoms with E-state index < -0.39 is 5.97 Å². The van der Waals surface area contributed by atoms with E-state index in [9.17, 15) is 4.79 Å². The number of carboxylic acid groups (broad SMARTS) is 1. The summed E-state index contributed by atoms with van der Waals surface area (Å²) < 4.78 is 5.60. The molecule has 0 amide bonds. The normalized spacial score (nSPS) is 12.9. The van der Waals surface area contributed by atoms with Gasteiger partial charge in [0.2, 0.25) is 0 Å². The molecule has 0 aliphatic carbocycles. The van der Waals surface area contributed by atoms with Gasteiger partial charge in [-0.1, -0.05) is 13.8 Å². The highest BCUT2D eigenvalue weighted by Crippen LogP contribution is 2.21. The van der Waals surface area contributed by atoms with Crippen molar-refractivity contribution in [3.8, 4) is 0 Å². The highest BCUT2D eigenvalue weighted by atomic mass is 32.1. The lowest BCUT2D eigenvalue weighted by molar-refractivity contribution is -0.138. The number of rotatable bonds is 7. The Balaban J connectivity index is 3.78. The van der Waals surface area contributed by atoms with Crippen molar-refractivity contribution in [2.75, 3.05) is 6.61 Å². The minimum atomic E-state index is -0.777. The van der Waals surface area contributed by atoms with Crippen molar-refractivity contribution in [3.05, 3.63) is 0 Å². The van der Waals surface area contributed by atoms with Crippen molar-refractivity contribution >= 4 is 18.6 Å². The maximum Gasteiger partial charge on any atom is 0.303 e. The SMILES string of the molecule is CC(C)(S)CCOC(C)(C)CCC(=O)O. The highest BCUT2D eigenvalue weighted by molar-refractivity contribution is 7.81. The van der Waals surface area contributed by atoms with Gasteiger partial charge in [-0.15, -0.1) is 0 Å². The number of aliphatic carboxylic acids is 1. The van der Waals surface area contributed by atoms with Crippen molar-refractivity contribution in [1.82, 2.24) is 0 Å². The summed E-state index contributed by atoms with van der Waals surface area (Å²) in [4.78, 5) is 10.4. The Hall–Kier alpha value is -0.220. The van der Waals surface area contributed by atoms with Gasteiger partial charge in [0.1, 0.15) is 0 Å². The molecule has 0 aromatic heterocycles. The van der Waals surface area contributed by atoms with Gasteiger partial charge in [-0.2, -0.15) is 12.6 Å². The average Bonchev–Trinajstić information content (AvgIpc) is 1.98. The Labute approximate surface area is 97.6 Å². The molecule has 0 aliphatic rings. The van der Waals surface area contributed by atoms with E-state index in [1.54, 1.807) is 0 Å². The van der Waals surface area contributed by atoms with Crippen LogP contribution in [-0.4, -0.2) is 28.0 Å². The maximum absolute atomic E-state index is 10.4. The number of thiol groups is 1. The summed E-state index contributed by atoms with van der Waals surface area (Å²) in [5, 5.41) is 8.56. The lowest BCUT2D eigenvalue weighted by Gasteiger charge is -2.26. The molecule has 90 valence electrons. The largest absolute Gasteiger partial charge is 0.481 e. The molecule has 0 radical (unpaired) electrons. The quantitative estimate of drug-likeness (QED) is 0.666. The van der Waals surface area contributed by atoms with Crippen LogP contribution in [-0.2, 0) is 9.53 Å². The molecule has 0 aromatic rings. The van der Waals surface area contributed by atoms with Crippen LogP contribution in [0.5, 0.6) is 0 Å². The second kappa shape index (κ2) is 5.75. The molecule has 0 saturated heterocycles. The minimum absolute atomic E-state index is 0.0388. The fourth-order valence-electron chi connectivity index (χ4n) is 1.06. The molecule has 1 N–H and O–H groups in total. The monoisotopic (exact) mass is 234 g/mol. The summed E-state index contributed by atoms with van der Waals surface area (Å²) in [6.45, 7) is 8.51. The summed E-state index contributed by atoms with van der Waals surface area (Å²) in [7, 11) is 0. The van der Waals surface area contributed by atoms with Gasteiger partial charge >= 0.3 is 5.97 Å². The molecule has 0 fully saturated rings. The number of ether oxygens (including phenoxy) is 1. The van der Waals surface area contributed by atoms with E-state index in [-0.39, 0.29) is 16.8 Å². The third kappa shape index (κ3) is 10.1. The van der Waals surface area contributed by atoms with Crippen molar-refractivity contribution in [1.29, 1.82) is 0 Å². The number of hydrogen-bond donors (Lipinski definition) is 2. The van der Waals surface area contributed by atoms with Crippen LogP contribution in [0.1, 0.15) is 47.0 Å². The predicted octanol–water partition coefficient (Wildman–Crippen LogP) is 2.74. The lowest BCUT2D eigenvalue weighted by atomic mass is 10.0. The smallest absolute Gasteiger partial charge is 0.303 e. The van der Waals surface area contributed by atoms with Gasteiger partial charge in [0.15, 0.2) is 0 Å². The van der Waals surface area contributed by atoms with Crippen LogP contribution in [0.3, 0.4) is 0 Å². The van der Waals surface area contributed by atoms with E-state index >= 15 is 0 Å². The fraction of sp³-hybridized carbons (Fsp3) is 0.909. The molecule has 0 aliphatic heterocycles. The third-order valence-corrected chi connectivity index (χ3v) is 2.37. The van der Waals surface area contributed by atoms with Gasteiger partial charge in [0, 0.05) is 17.8 Å². The first-order valence-corrected chi connectivity index (χ1v) is 5.65. The number of hydrogen-bond acceptors (Lipinski definition) is 3. The van der Waals surface area contributed by atoms with Gasteiger partial charge < -0.3 is 9.84 Å². The zero-order valence-corrected chi connectivity index (χ0v) is 10.9. The Morgan fingerprint density at radius 2 is 1.80 bits per heavy atom. The van der Waals surface area contributed by atoms with E-state index in [1.165, 1.54) is 0 Å². The Morgan fingerprint density at radius 3 is 2.20 bits per heavy atom. The lowest BCUT2D eigenvalue weighted by Crippen LogP contribution is -2.28. The molecule has 0 atom stereocenters. The van der Waals surface area contributed by atoms with Crippen LogP contribution < -0.4 is 0 Å². The summed E-state index contributed by atoms with van der Waals surface area (Å²) in [5.41, 5.74) is -0.364. The topological polar surface area (TPSA) is 46.5 Å². The molecule has 0 saturated carbocycles. The average molecular weight is 234 g/mol. The summed E-state index contributed by atoms with van der Waals surface area (Å²) in [6.07, 6.45) is 1.54. The molecule has 0 heterocycles. The minimum Gasteiger partial charge on any atom is -0.481 e. The molecule has 3 nitrogen and oxygen atoms in total. The molecule has 4 heteroatoms. The highest BCUT2D eigenvalue weighted by Gasteiger charge is 2.21. The van der Waals surface area contributed by atoms with Crippen LogP contribution in [0.4, 0.5) is 0 Å². The molecule has 0 rings (SSSR count). The second-order valence-corrected chi connectivity index (χ2v) is 6.27. The first-order valence-electron chi connectivity index (χ1n) is 5.20.